The van der Waals surface area contributed by atoms with Gasteiger partial charge in [-0.25, -0.2) is 9.78 Å². The molecule has 1 atom stereocenters. The van der Waals surface area contributed by atoms with Crippen LogP contribution in [0.4, 0.5) is 0 Å². The maximum atomic E-state index is 11.4. The molecule has 0 radical (unpaired) electrons. The lowest BCUT2D eigenvalue weighted by molar-refractivity contribution is -0.142. The first-order valence-corrected chi connectivity index (χ1v) is 5.95. The normalized spacial score (nSPS) is 11.9. The van der Waals surface area contributed by atoms with E-state index in [-0.39, 0.29) is 11.5 Å². The molecule has 0 aliphatic rings. The van der Waals surface area contributed by atoms with Crippen molar-refractivity contribution < 1.29 is 19.4 Å². The van der Waals surface area contributed by atoms with Crippen LogP contribution in [0.5, 0.6) is 0 Å². The molecule has 17 heavy (non-hydrogen) atoms. The number of hydrogen-bond acceptors (Lipinski definition) is 5. The van der Waals surface area contributed by atoms with Crippen LogP contribution in [0.25, 0.3) is 0 Å². The molecule has 0 aliphatic heterocycles. The fraction of sp³-hybridized carbons (Fsp3) is 0.364. The van der Waals surface area contributed by atoms with Crippen LogP contribution in [0.2, 0.25) is 0 Å². The highest BCUT2D eigenvalue weighted by atomic mass is 32.2. The van der Waals surface area contributed by atoms with Crippen molar-refractivity contribution in [3.05, 3.63) is 23.9 Å². The van der Waals surface area contributed by atoms with Crippen molar-refractivity contribution in [2.75, 3.05) is 6.61 Å². The summed E-state index contributed by atoms with van der Waals surface area (Å²) in [7, 11) is 0. The number of ether oxygens (including phenoxy) is 1. The summed E-state index contributed by atoms with van der Waals surface area (Å²) in [5, 5.41) is 8.79. The molecule has 1 N–H and O–H groups in total. The summed E-state index contributed by atoms with van der Waals surface area (Å²) in [6, 6.07) is 3.00. The summed E-state index contributed by atoms with van der Waals surface area (Å²) in [4.78, 5) is 26.3. The van der Waals surface area contributed by atoms with Crippen molar-refractivity contribution in [1.29, 1.82) is 0 Å². The van der Waals surface area contributed by atoms with Crippen LogP contribution in [0, 0.1) is 0 Å². The van der Waals surface area contributed by atoms with Gasteiger partial charge in [0.15, 0.2) is 0 Å². The second-order valence-corrected chi connectivity index (χ2v) is 4.50. The lowest BCUT2D eigenvalue weighted by atomic mass is 10.3. The fourth-order valence-electron chi connectivity index (χ4n) is 1.12. The summed E-state index contributed by atoms with van der Waals surface area (Å²) in [6.45, 7) is 3.68. The van der Waals surface area contributed by atoms with Gasteiger partial charge >= 0.3 is 11.9 Å². The molecule has 92 valence electrons. The molecular weight excluding hydrogens is 242 g/mol. The molecular formula is C11H13NO4S. The minimum absolute atomic E-state index is 0.0913. The lowest BCUT2D eigenvalue weighted by Crippen LogP contribution is -2.17. The average Bonchev–Trinajstić information content (AvgIpc) is 2.29. The van der Waals surface area contributed by atoms with E-state index in [0.717, 1.165) is 11.8 Å². The number of pyridine rings is 1. The molecule has 1 aromatic heterocycles. The number of rotatable bonds is 5. The van der Waals surface area contributed by atoms with E-state index < -0.39 is 11.2 Å². The molecule has 0 amide bonds. The van der Waals surface area contributed by atoms with E-state index in [1.54, 1.807) is 19.9 Å². The number of thioether (sulfide) groups is 1. The minimum Gasteiger partial charge on any atom is -0.478 e. The van der Waals surface area contributed by atoms with Crippen molar-refractivity contribution in [1.82, 2.24) is 4.98 Å². The smallest absolute Gasteiger partial charge is 0.338 e. The number of carbonyl (C=O) groups excluding carboxylic acids is 1. The van der Waals surface area contributed by atoms with E-state index in [9.17, 15) is 9.59 Å². The highest BCUT2D eigenvalue weighted by Crippen LogP contribution is 2.25. The second-order valence-electron chi connectivity index (χ2n) is 3.17. The first kappa shape index (κ1) is 13.5. The molecule has 5 nitrogen and oxygen atoms in total. The Hall–Kier alpha value is -1.56. The van der Waals surface area contributed by atoms with Gasteiger partial charge in [-0.15, -0.1) is 0 Å². The maximum Gasteiger partial charge on any atom is 0.338 e. The monoisotopic (exact) mass is 255 g/mol. The average molecular weight is 255 g/mol. The van der Waals surface area contributed by atoms with Crippen LogP contribution in [0.1, 0.15) is 24.2 Å². The van der Waals surface area contributed by atoms with E-state index in [1.807, 2.05) is 0 Å². The number of nitrogens with zero attached hydrogens (tertiary/aromatic N) is 1. The number of carboxylic acid groups (broad SMARTS) is 1. The van der Waals surface area contributed by atoms with Gasteiger partial charge in [0.1, 0.15) is 10.3 Å². The Labute approximate surface area is 103 Å². The first-order chi connectivity index (χ1) is 8.06. The second kappa shape index (κ2) is 6.24. The third-order valence-corrected chi connectivity index (χ3v) is 3.00. The SMILES string of the molecule is CCOC(=O)C(C)Sc1ncccc1C(=O)O. The number of aromatic carboxylic acids is 1. The molecule has 0 fully saturated rings. The Balaban J connectivity index is 2.81. The summed E-state index contributed by atoms with van der Waals surface area (Å²) in [6.07, 6.45) is 1.49. The Morgan fingerprint density at radius 1 is 1.59 bits per heavy atom. The third kappa shape index (κ3) is 3.74. The molecule has 1 heterocycles. The number of carboxylic acids is 1. The topological polar surface area (TPSA) is 76.5 Å². The van der Waals surface area contributed by atoms with Crippen LogP contribution in [-0.2, 0) is 9.53 Å². The highest BCUT2D eigenvalue weighted by molar-refractivity contribution is 8.00. The van der Waals surface area contributed by atoms with Gasteiger partial charge in [0.2, 0.25) is 0 Å². The number of aromatic nitrogens is 1. The molecule has 0 aromatic carbocycles. The van der Waals surface area contributed by atoms with Crippen molar-refractivity contribution in [3.8, 4) is 0 Å². The molecule has 0 saturated carbocycles. The zero-order chi connectivity index (χ0) is 12.8. The van der Waals surface area contributed by atoms with E-state index in [4.69, 9.17) is 9.84 Å². The Bertz CT molecular complexity index is 422. The van der Waals surface area contributed by atoms with Gasteiger partial charge in [0, 0.05) is 6.20 Å². The van der Waals surface area contributed by atoms with Crippen molar-refractivity contribution in [3.63, 3.8) is 0 Å². The summed E-state index contributed by atoms with van der Waals surface area (Å²) in [5.74, 6) is -1.43. The first-order valence-electron chi connectivity index (χ1n) is 5.07. The van der Waals surface area contributed by atoms with E-state index in [1.165, 1.54) is 12.3 Å². The van der Waals surface area contributed by atoms with Gasteiger partial charge in [0.25, 0.3) is 0 Å². The number of esters is 1. The van der Waals surface area contributed by atoms with E-state index >= 15 is 0 Å². The maximum absolute atomic E-state index is 11.4. The molecule has 1 aromatic rings. The van der Waals surface area contributed by atoms with Gasteiger partial charge in [0.05, 0.1) is 12.2 Å². The molecule has 0 bridgehead atoms. The summed E-state index contributed by atoms with van der Waals surface area (Å²) < 4.78 is 4.84. The molecule has 6 heteroatoms. The molecule has 0 spiro atoms. The predicted molar refractivity (Wildman–Crippen MR) is 63.1 cm³/mol. The van der Waals surface area contributed by atoms with Crippen LogP contribution in [0.3, 0.4) is 0 Å². The summed E-state index contributed by atoms with van der Waals surface area (Å²) >= 11 is 1.08. The highest BCUT2D eigenvalue weighted by Gasteiger charge is 2.19. The van der Waals surface area contributed by atoms with Crippen LogP contribution < -0.4 is 0 Å². The van der Waals surface area contributed by atoms with Gasteiger partial charge < -0.3 is 9.84 Å². The third-order valence-electron chi connectivity index (χ3n) is 1.91. The molecule has 1 rings (SSSR count). The Kier molecular flexibility index (Phi) is 4.96. The molecule has 1 unspecified atom stereocenters. The van der Waals surface area contributed by atoms with Gasteiger partial charge in [-0.3, -0.25) is 4.79 Å². The van der Waals surface area contributed by atoms with Gasteiger partial charge in [-0.2, -0.15) is 0 Å². The van der Waals surface area contributed by atoms with Gasteiger partial charge in [-0.05, 0) is 26.0 Å². The van der Waals surface area contributed by atoms with Gasteiger partial charge in [-0.1, -0.05) is 11.8 Å². The van der Waals surface area contributed by atoms with Crippen LogP contribution >= 0.6 is 11.8 Å². The standard InChI is InChI=1S/C11H13NO4S/c1-3-16-11(15)7(2)17-9-8(10(13)14)5-4-6-12-9/h4-7H,3H2,1-2H3,(H,13,14). The largest absolute Gasteiger partial charge is 0.478 e. The van der Waals surface area contributed by atoms with Crippen LogP contribution in [-0.4, -0.2) is 33.9 Å². The minimum atomic E-state index is -1.06. The summed E-state index contributed by atoms with van der Waals surface area (Å²) in [5.41, 5.74) is 0.0913. The quantitative estimate of drug-likeness (QED) is 0.639. The van der Waals surface area contributed by atoms with Crippen molar-refractivity contribution >= 4 is 23.7 Å². The van der Waals surface area contributed by atoms with E-state index in [2.05, 4.69) is 4.98 Å². The fourth-order valence-corrected chi connectivity index (χ4v) is 2.03. The van der Waals surface area contributed by atoms with Crippen molar-refractivity contribution in [2.24, 2.45) is 0 Å². The van der Waals surface area contributed by atoms with Crippen LogP contribution in [0.15, 0.2) is 23.4 Å². The lowest BCUT2D eigenvalue weighted by Gasteiger charge is -2.10. The predicted octanol–water partition coefficient (Wildman–Crippen LogP) is 1.82. The Morgan fingerprint density at radius 3 is 2.88 bits per heavy atom. The zero-order valence-electron chi connectivity index (χ0n) is 9.54. The van der Waals surface area contributed by atoms with E-state index in [0.29, 0.717) is 11.6 Å². The molecule has 0 aliphatic carbocycles. The zero-order valence-corrected chi connectivity index (χ0v) is 10.4. The van der Waals surface area contributed by atoms with Crippen molar-refractivity contribution in [2.45, 2.75) is 24.1 Å². The molecule has 0 saturated heterocycles. The number of hydrogen-bond donors (Lipinski definition) is 1. The Morgan fingerprint density at radius 2 is 2.29 bits per heavy atom. The number of carbonyl (C=O) groups is 2.